The van der Waals surface area contributed by atoms with Crippen LogP contribution in [0.2, 0.25) is 0 Å². The summed E-state index contributed by atoms with van der Waals surface area (Å²) in [5.41, 5.74) is 0.0250. The van der Waals surface area contributed by atoms with Crippen molar-refractivity contribution in [3.63, 3.8) is 0 Å². The number of carboxylic acid groups (broad SMARTS) is 1. The maximum Gasteiger partial charge on any atom is 0.331 e. The maximum absolute atomic E-state index is 12.2. The lowest BCUT2D eigenvalue weighted by Gasteiger charge is -2.20. The molecular formula is C14H19NO4S. The summed E-state index contributed by atoms with van der Waals surface area (Å²) in [6.45, 7) is 8.69. The number of carboxylic acids is 1. The third-order valence-corrected chi connectivity index (χ3v) is 4.12. The van der Waals surface area contributed by atoms with Crippen LogP contribution < -0.4 is 4.72 Å². The number of carbonyl (C=O) groups is 1. The number of sulfonamides is 1. The lowest BCUT2D eigenvalue weighted by atomic mass is 10.1. The van der Waals surface area contributed by atoms with Crippen molar-refractivity contribution in [3.8, 4) is 0 Å². The van der Waals surface area contributed by atoms with E-state index in [2.05, 4.69) is 11.3 Å². The molecule has 1 rings (SSSR count). The lowest BCUT2D eigenvalue weighted by Crippen LogP contribution is -2.40. The molecule has 0 heterocycles. The van der Waals surface area contributed by atoms with Crippen molar-refractivity contribution in [2.24, 2.45) is 0 Å². The first-order valence-electron chi connectivity index (χ1n) is 6.05. The number of benzene rings is 1. The summed E-state index contributed by atoms with van der Waals surface area (Å²) in [7, 11) is -3.62. The quantitative estimate of drug-likeness (QED) is 0.814. The molecule has 0 amide bonds. The Kier molecular flexibility index (Phi) is 4.73. The zero-order valence-corrected chi connectivity index (χ0v) is 12.6. The Morgan fingerprint density at radius 2 is 1.95 bits per heavy atom. The molecule has 0 bridgehead atoms. The lowest BCUT2D eigenvalue weighted by molar-refractivity contribution is -0.132. The fourth-order valence-corrected chi connectivity index (χ4v) is 3.09. The fourth-order valence-electron chi connectivity index (χ4n) is 1.61. The van der Waals surface area contributed by atoms with Crippen LogP contribution in [-0.2, 0) is 21.2 Å². The highest BCUT2D eigenvalue weighted by atomic mass is 32.2. The number of hydrogen-bond donors (Lipinski definition) is 2. The normalized spacial score (nSPS) is 12.2. The molecule has 1 aromatic carbocycles. The van der Waals surface area contributed by atoms with Crippen LogP contribution in [0.1, 0.15) is 26.3 Å². The molecule has 110 valence electrons. The Hall–Kier alpha value is -1.66. The first-order chi connectivity index (χ1) is 9.01. The third kappa shape index (κ3) is 4.79. The average molecular weight is 297 g/mol. The van der Waals surface area contributed by atoms with Crippen LogP contribution in [0.15, 0.2) is 41.3 Å². The smallest absolute Gasteiger partial charge is 0.331 e. The zero-order valence-electron chi connectivity index (χ0n) is 11.8. The van der Waals surface area contributed by atoms with Gasteiger partial charge in [0.05, 0.1) is 4.90 Å². The Balaban J connectivity index is 3.04. The van der Waals surface area contributed by atoms with Gasteiger partial charge < -0.3 is 5.11 Å². The molecule has 20 heavy (non-hydrogen) atoms. The van der Waals surface area contributed by atoms with Gasteiger partial charge in [0.1, 0.15) is 0 Å². The average Bonchev–Trinajstić information content (AvgIpc) is 2.26. The maximum atomic E-state index is 12.2. The molecule has 0 radical (unpaired) electrons. The van der Waals surface area contributed by atoms with Crippen LogP contribution in [-0.4, -0.2) is 25.0 Å². The van der Waals surface area contributed by atoms with E-state index in [4.69, 9.17) is 5.11 Å². The van der Waals surface area contributed by atoms with Crippen LogP contribution in [0.3, 0.4) is 0 Å². The molecule has 0 saturated carbocycles. The van der Waals surface area contributed by atoms with Crippen molar-refractivity contribution in [1.82, 2.24) is 4.72 Å². The summed E-state index contributed by atoms with van der Waals surface area (Å²) in [6.07, 6.45) is 0.105. The Labute approximate surface area is 119 Å². The predicted octanol–water partition coefficient (Wildman–Crippen LogP) is 1.95. The Morgan fingerprint density at radius 3 is 2.45 bits per heavy atom. The van der Waals surface area contributed by atoms with Crippen LogP contribution in [0.25, 0.3) is 0 Å². The Morgan fingerprint density at radius 1 is 1.35 bits per heavy atom. The summed E-state index contributed by atoms with van der Waals surface area (Å²) < 4.78 is 26.9. The van der Waals surface area contributed by atoms with E-state index in [-0.39, 0.29) is 16.9 Å². The fraction of sp³-hybridized carbons (Fsp3) is 0.357. The minimum atomic E-state index is -3.62. The molecule has 0 unspecified atom stereocenters. The molecule has 0 aliphatic carbocycles. The summed E-state index contributed by atoms with van der Waals surface area (Å²) in [5, 5.41) is 8.80. The summed E-state index contributed by atoms with van der Waals surface area (Å²) >= 11 is 0. The molecule has 0 spiro atoms. The van der Waals surface area contributed by atoms with E-state index in [1.54, 1.807) is 32.9 Å². The van der Waals surface area contributed by atoms with Gasteiger partial charge in [-0.25, -0.2) is 17.9 Å². The van der Waals surface area contributed by atoms with E-state index in [0.29, 0.717) is 5.56 Å². The summed E-state index contributed by atoms with van der Waals surface area (Å²) in [6, 6.07) is 6.19. The minimum absolute atomic E-state index is 0.0170. The molecule has 5 nitrogen and oxygen atoms in total. The topological polar surface area (TPSA) is 83.5 Å². The van der Waals surface area contributed by atoms with E-state index in [1.165, 1.54) is 12.1 Å². The van der Waals surface area contributed by atoms with Gasteiger partial charge in [0.25, 0.3) is 0 Å². The van der Waals surface area contributed by atoms with Crippen molar-refractivity contribution >= 4 is 16.0 Å². The highest BCUT2D eigenvalue weighted by Crippen LogP contribution is 2.16. The number of nitrogens with one attached hydrogen (secondary N) is 1. The van der Waals surface area contributed by atoms with Gasteiger partial charge >= 0.3 is 5.97 Å². The SMILES string of the molecule is C=C(Cc1cccc(S(=O)(=O)NC(C)(C)C)c1)C(=O)O. The van der Waals surface area contributed by atoms with E-state index >= 15 is 0 Å². The summed E-state index contributed by atoms with van der Waals surface area (Å²) in [5.74, 6) is -1.09. The van der Waals surface area contributed by atoms with Gasteiger partial charge in [0.15, 0.2) is 0 Å². The molecule has 0 atom stereocenters. The van der Waals surface area contributed by atoms with E-state index in [0.717, 1.165) is 0 Å². The van der Waals surface area contributed by atoms with Crippen molar-refractivity contribution in [1.29, 1.82) is 0 Å². The van der Waals surface area contributed by atoms with Crippen LogP contribution >= 0.6 is 0 Å². The molecule has 0 fully saturated rings. The molecule has 0 saturated heterocycles. The second-order valence-corrected chi connectivity index (χ2v) is 7.27. The van der Waals surface area contributed by atoms with E-state index in [1.807, 2.05) is 0 Å². The minimum Gasteiger partial charge on any atom is -0.478 e. The van der Waals surface area contributed by atoms with Crippen LogP contribution in [0, 0.1) is 0 Å². The van der Waals surface area contributed by atoms with Crippen molar-refractivity contribution in [2.45, 2.75) is 37.6 Å². The van der Waals surface area contributed by atoms with Gasteiger partial charge in [-0.15, -0.1) is 0 Å². The van der Waals surface area contributed by atoms with Gasteiger partial charge in [-0.2, -0.15) is 0 Å². The van der Waals surface area contributed by atoms with Crippen molar-refractivity contribution in [2.75, 3.05) is 0 Å². The van der Waals surface area contributed by atoms with Gasteiger partial charge in [-0.3, -0.25) is 0 Å². The first-order valence-corrected chi connectivity index (χ1v) is 7.53. The standard InChI is InChI=1S/C14H19NO4S/c1-10(13(16)17)8-11-6-5-7-12(9-11)20(18,19)15-14(2,3)4/h5-7,9,15H,1,8H2,2-4H3,(H,16,17). The molecule has 1 aromatic rings. The molecule has 6 heteroatoms. The number of aliphatic carboxylic acids is 1. The van der Waals surface area contributed by atoms with Gasteiger partial charge in [-0.1, -0.05) is 18.7 Å². The number of rotatable bonds is 5. The monoisotopic (exact) mass is 297 g/mol. The Bertz CT molecular complexity index is 627. The number of hydrogen-bond acceptors (Lipinski definition) is 3. The summed E-state index contributed by atoms with van der Waals surface area (Å²) in [4.78, 5) is 10.9. The van der Waals surface area contributed by atoms with E-state index < -0.39 is 21.5 Å². The zero-order chi connectivity index (χ0) is 15.6. The van der Waals surface area contributed by atoms with Crippen molar-refractivity contribution < 1.29 is 18.3 Å². The van der Waals surface area contributed by atoms with Crippen LogP contribution in [0.4, 0.5) is 0 Å². The first kappa shape index (κ1) is 16.4. The molecule has 0 aromatic heterocycles. The highest BCUT2D eigenvalue weighted by Gasteiger charge is 2.22. The van der Waals surface area contributed by atoms with Gasteiger partial charge in [0, 0.05) is 17.5 Å². The largest absolute Gasteiger partial charge is 0.478 e. The molecule has 0 aliphatic heterocycles. The second kappa shape index (κ2) is 5.76. The van der Waals surface area contributed by atoms with Crippen LogP contribution in [0.5, 0.6) is 0 Å². The molecule has 2 N–H and O–H groups in total. The van der Waals surface area contributed by atoms with Gasteiger partial charge in [-0.05, 0) is 38.5 Å². The highest BCUT2D eigenvalue weighted by molar-refractivity contribution is 7.89. The molecular weight excluding hydrogens is 278 g/mol. The second-order valence-electron chi connectivity index (χ2n) is 5.59. The predicted molar refractivity (Wildman–Crippen MR) is 77.0 cm³/mol. The van der Waals surface area contributed by atoms with Gasteiger partial charge in [0.2, 0.25) is 10.0 Å². The van der Waals surface area contributed by atoms with Crippen molar-refractivity contribution in [3.05, 3.63) is 42.0 Å². The van der Waals surface area contributed by atoms with E-state index in [9.17, 15) is 13.2 Å². The molecule has 0 aliphatic rings. The third-order valence-electron chi connectivity index (χ3n) is 2.37.